The Hall–Kier alpha value is -2.00. The number of allylic oxidation sites excluding steroid dienone is 4. The van der Waals surface area contributed by atoms with Crippen LogP contribution in [0.1, 0.15) is 67.8 Å². The van der Waals surface area contributed by atoms with Gasteiger partial charge >= 0.3 is 0 Å². The van der Waals surface area contributed by atoms with E-state index < -0.39 is 0 Å². The van der Waals surface area contributed by atoms with Crippen LogP contribution in [0.4, 0.5) is 0 Å². The molecular weight excluding hydrogens is 312 g/mol. The predicted octanol–water partition coefficient (Wildman–Crippen LogP) is 4.78. The van der Waals surface area contributed by atoms with Gasteiger partial charge in [-0.1, -0.05) is 35.9 Å². The van der Waals surface area contributed by atoms with Crippen molar-refractivity contribution >= 4 is 11.6 Å². The Morgan fingerprint density at radius 2 is 1.96 bits per heavy atom. The first-order valence-corrected chi connectivity index (χ1v) is 9.15. The molecule has 0 aromatic heterocycles. The highest BCUT2D eigenvalue weighted by atomic mass is 16.5. The van der Waals surface area contributed by atoms with Gasteiger partial charge in [0, 0.05) is 30.9 Å². The van der Waals surface area contributed by atoms with E-state index >= 15 is 0 Å². The van der Waals surface area contributed by atoms with Gasteiger partial charge in [-0.05, 0) is 49.8 Å². The van der Waals surface area contributed by atoms with Gasteiger partial charge in [-0.3, -0.25) is 9.59 Å². The highest BCUT2D eigenvalue weighted by Crippen LogP contribution is 2.27. The van der Waals surface area contributed by atoms with E-state index in [0.29, 0.717) is 25.2 Å². The number of benzene rings is 1. The van der Waals surface area contributed by atoms with Gasteiger partial charge in [-0.2, -0.15) is 0 Å². The number of ketones is 2. The number of hydrogen-bond acceptors (Lipinski definition) is 3. The van der Waals surface area contributed by atoms with E-state index in [1.54, 1.807) is 0 Å². The Bertz CT molecular complexity index is 716. The Labute approximate surface area is 149 Å². The predicted molar refractivity (Wildman–Crippen MR) is 98.9 cm³/mol. The fourth-order valence-corrected chi connectivity index (χ4v) is 3.75. The van der Waals surface area contributed by atoms with Crippen LogP contribution in [0.15, 0.2) is 47.1 Å². The van der Waals surface area contributed by atoms with Crippen molar-refractivity contribution in [2.24, 2.45) is 0 Å². The van der Waals surface area contributed by atoms with Crippen LogP contribution in [0.2, 0.25) is 0 Å². The Morgan fingerprint density at radius 1 is 1.20 bits per heavy atom. The molecule has 1 aliphatic heterocycles. The van der Waals surface area contributed by atoms with Gasteiger partial charge < -0.3 is 4.74 Å². The minimum Gasteiger partial charge on any atom is -0.381 e. The molecule has 132 valence electrons. The summed E-state index contributed by atoms with van der Waals surface area (Å²) in [5, 5.41) is 0. The first-order valence-electron chi connectivity index (χ1n) is 9.15. The molecule has 0 amide bonds. The summed E-state index contributed by atoms with van der Waals surface area (Å²) in [6, 6.07) is 7.93. The van der Waals surface area contributed by atoms with Crippen molar-refractivity contribution in [3.05, 3.63) is 58.2 Å². The van der Waals surface area contributed by atoms with Crippen molar-refractivity contribution in [3.8, 4) is 0 Å². The fourth-order valence-electron chi connectivity index (χ4n) is 3.75. The van der Waals surface area contributed by atoms with E-state index in [9.17, 15) is 9.59 Å². The van der Waals surface area contributed by atoms with Gasteiger partial charge in [-0.15, -0.1) is 0 Å². The van der Waals surface area contributed by atoms with Gasteiger partial charge in [0.1, 0.15) is 0 Å². The van der Waals surface area contributed by atoms with Crippen molar-refractivity contribution in [2.75, 3.05) is 13.2 Å². The lowest BCUT2D eigenvalue weighted by Crippen LogP contribution is -2.15. The number of ether oxygens (including phenoxy) is 1. The van der Waals surface area contributed by atoms with E-state index in [2.05, 4.69) is 18.2 Å². The molecule has 1 saturated heterocycles. The third-order valence-corrected chi connectivity index (χ3v) is 5.18. The molecule has 1 heterocycles. The summed E-state index contributed by atoms with van der Waals surface area (Å²) >= 11 is 0. The van der Waals surface area contributed by atoms with Crippen molar-refractivity contribution in [2.45, 2.75) is 51.9 Å². The molecule has 1 atom stereocenters. The summed E-state index contributed by atoms with van der Waals surface area (Å²) in [6.45, 7) is 5.56. The third kappa shape index (κ3) is 4.35. The lowest BCUT2D eigenvalue weighted by atomic mass is 9.88. The molecule has 1 aromatic rings. The minimum atomic E-state index is 0.103. The number of rotatable bonds is 5. The summed E-state index contributed by atoms with van der Waals surface area (Å²) < 4.78 is 5.54. The van der Waals surface area contributed by atoms with Crippen LogP contribution in [-0.4, -0.2) is 24.8 Å². The quantitative estimate of drug-likeness (QED) is 0.726. The molecule has 1 aromatic carbocycles. The molecule has 1 aliphatic carbocycles. The van der Waals surface area contributed by atoms with Crippen LogP contribution >= 0.6 is 0 Å². The van der Waals surface area contributed by atoms with Crippen LogP contribution in [0.3, 0.4) is 0 Å². The van der Waals surface area contributed by atoms with E-state index in [0.717, 1.165) is 48.3 Å². The van der Waals surface area contributed by atoms with E-state index in [1.165, 1.54) is 5.56 Å². The number of carbonyl (C=O) groups excluding carboxylic acids is 2. The maximum atomic E-state index is 12.5. The van der Waals surface area contributed by atoms with Crippen LogP contribution < -0.4 is 0 Å². The zero-order valence-electron chi connectivity index (χ0n) is 15.1. The van der Waals surface area contributed by atoms with Crippen LogP contribution in [0.5, 0.6) is 0 Å². The monoisotopic (exact) mass is 338 g/mol. The van der Waals surface area contributed by atoms with Crippen LogP contribution in [-0.2, 0) is 9.53 Å². The van der Waals surface area contributed by atoms with E-state index in [1.807, 2.05) is 26.0 Å². The maximum Gasteiger partial charge on any atom is 0.163 e. The molecule has 1 unspecified atom stereocenters. The van der Waals surface area contributed by atoms with Gasteiger partial charge in [-0.25, -0.2) is 0 Å². The fraction of sp³-hybridized carbons (Fsp3) is 0.455. The summed E-state index contributed by atoms with van der Waals surface area (Å²) in [6.07, 6.45) is 5.71. The van der Waals surface area contributed by atoms with Crippen molar-refractivity contribution in [3.63, 3.8) is 0 Å². The Morgan fingerprint density at radius 3 is 2.60 bits per heavy atom. The molecule has 1 fully saturated rings. The smallest absolute Gasteiger partial charge is 0.163 e. The highest BCUT2D eigenvalue weighted by Gasteiger charge is 2.19. The molecule has 3 nitrogen and oxygen atoms in total. The first-order chi connectivity index (χ1) is 12.0. The average Bonchev–Trinajstić information content (AvgIpc) is 2.61. The van der Waals surface area contributed by atoms with E-state index in [-0.39, 0.29) is 11.6 Å². The van der Waals surface area contributed by atoms with Gasteiger partial charge in [0.15, 0.2) is 11.6 Å². The van der Waals surface area contributed by atoms with Gasteiger partial charge in [0.05, 0.1) is 6.61 Å². The van der Waals surface area contributed by atoms with Crippen LogP contribution in [0, 0.1) is 0 Å². The zero-order chi connectivity index (χ0) is 17.8. The first kappa shape index (κ1) is 17.8. The summed E-state index contributed by atoms with van der Waals surface area (Å²) in [7, 11) is 0. The van der Waals surface area contributed by atoms with Crippen LogP contribution in [0.25, 0.3) is 0 Å². The molecule has 0 bridgehead atoms. The minimum absolute atomic E-state index is 0.103. The van der Waals surface area contributed by atoms with Gasteiger partial charge in [0.25, 0.3) is 0 Å². The average molecular weight is 338 g/mol. The Kier molecular flexibility index (Phi) is 5.64. The van der Waals surface area contributed by atoms with E-state index in [4.69, 9.17) is 4.74 Å². The van der Waals surface area contributed by atoms with Gasteiger partial charge in [0.2, 0.25) is 0 Å². The second-order valence-corrected chi connectivity index (χ2v) is 7.21. The molecule has 3 heteroatoms. The number of carbonyl (C=O) groups is 2. The second kappa shape index (κ2) is 7.92. The lowest BCUT2D eigenvalue weighted by Gasteiger charge is -2.22. The van der Waals surface area contributed by atoms with Crippen molar-refractivity contribution < 1.29 is 14.3 Å². The molecular formula is C22H26O3. The molecule has 0 radical (unpaired) electrons. The second-order valence-electron chi connectivity index (χ2n) is 7.21. The van der Waals surface area contributed by atoms with Crippen molar-refractivity contribution in [1.29, 1.82) is 0 Å². The molecule has 25 heavy (non-hydrogen) atoms. The number of hydrogen-bond donors (Lipinski definition) is 0. The Balaban J connectivity index is 1.62. The highest BCUT2D eigenvalue weighted by molar-refractivity contribution is 6.01. The summed E-state index contributed by atoms with van der Waals surface area (Å²) in [4.78, 5) is 24.6. The third-order valence-electron chi connectivity index (χ3n) is 5.18. The largest absolute Gasteiger partial charge is 0.381 e. The summed E-state index contributed by atoms with van der Waals surface area (Å²) in [5.41, 5.74) is 4.90. The molecule has 3 rings (SSSR count). The topological polar surface area (TPSA) is 43.4 Å². The zero-order valence-corrected chi connectivity index (χ0v) is 15.1. The maximum absolute atomic E-state index is 12.5. The molecule has 0 N–H and O–H groups in total. The lowest BCUT2D eigenvalue weighted by molar-refractivity contribution is -0.115. The summed E-state index contributed by atoms with van der Waals surface area (Å²) in [5.74, 6) is 0.712. The molecule has 0 saturated carbocycles. The normalized spacial score (nSPS) is 21.3. The molecule has 0 spiro atoms. The SMILES string of the molecule is CC1=CC(C)=C(CCC(=O)c2ccc(C3CCCOC3)cc2)C(=O)C1. The molecule has 2 aliphatic rings. The van der Waals surface area contributed by atoms with Crippen molar-refractivity contribution in [1.82, 2.24) is 0 Å². The number of Topliss-reactive ketones (excluding diaryl/α,β-unsaturated/α-hetero) is 2. The standard InChI is InChI=1S/C22H26O3/c1-15-12-16(2)20(22(24)13-15)9-10-21(23)18-7-5-17(6-8-18)19-4-3-11-25-14-19/h5-8,12,19H,3-4,9-11,13-14H2,1-2H3.